The summed E-state index contributed by atoms with van der Waals surface area (Å²) in [6.45, 7) is 0.587. The molecule has 0 N–H and O–H groups in total. The lowest BCUT2D eigenvalue weighted by Crippen LogP contribution is -2.30. The van der Waals surface area contributed by atoms with Crippen molar-refractivity contribution >= 4 is 17.7 Å². The van der Waals surface area contributed by atoms with Gasteiger partial charge in [-0.15, -0.1) is 11.8 Å². The zero-order valence-corrected chi connectivity index (χ0v) is 12.9. The molecule has 2 nitrogen and oxygen atoms in total. The second-order valence-corrected chi connectivity index (χ2v) is 6.40. The van der Waals surface area contributed by atoms with Crippen molar-refractivity contribution in [2.45, 2.75) is 11.6 Å². The number of nitrogens with zero attached hydrogens (tertiary/aromatic N) is 1. The van der Waals surface area contributed by atoms with Crippen molar-refractivity contribution in [2.24, 2.45) is 0 Å². The van der Waals surface area contributed by atoms with Gasteiger partial charge in [0.2, 0.25) is 0 Å². The zero-order chi connectivity index (χ0) is 16.4. The lowest BCUT2D eigenvalue weighted by molar-refractivity contribution is -0.137. The monoisotopic (exact) mass is 337 g/mol. The third-order valence-electron chi connectivity index (χ3n) is 3.70. The van der Waals surface area contributed by atoms with Crippen molar-refractivity contribution in [3.8, 4) is 0 Å². The lowest BCUT2D eigenvalue weighted by Gasteiger charge is -2.24. The highest BCUT2D eigenvalue weighted by molar-refractivity contribution is 7.99. The second kappa shape index (κ2) is 6.28. The van der Waals surface area contributed by atoms with Crippen LogP contribution in [0.15, 0.2) is 54.6 Å². The Morgan fingerprint density at radius 2 is 1.70 bits per heavy atom. The van der Waals surface area contributed by atoms with Gasteiger partial charge in [0, 0.05) is 17.9 Å². The molecule has 0 saturated carbocycles. The highest BCUT2D eigenvalue weighted by Gasteiger charge is 2.33. The first-order valence-electron chi connectivity index (χ1n) is 7.11. The molecule has 3 rings (SSSR count). The third-order valence-corrected chi connectivity index (χ3v) is 4.96. The number of alkyl halides is 3. The molecule has 23 heavy (non-hydrogen) atoms. The fraction of sp³-hybridized carbons (Fsp3) is 0.235. The number of amides is 1. The standard InChI is InChI=1S/C17H14F3NOS/c18-17(19,20)14-8-6-13(7-9-14)16-21(10-11-23-16)15(22)12-4-2-1-3-5-12/h1-9,16H,10-11H2/t16-/m1/s1. The SMILES string of the molecule is O=C(c1ccccc1)N1CCS[C@@H]1c1ccc(C(F)(F)F)cc1. The van der Waals surface area contributed by atoms with Crippen molar-refractivity contribution in [2.75, 3.05) is 12.3 Å². The summed E-state index contributed by atoms with van der Waals surface area (Å²) in [6, 6.07) is 14.0. The van der Waals surface area contributed by atoms with Gasteiger partial charge in [0.05, 0.1) is 5.56 Å². The van der Waals surface area contributed by atoms with Gasteiger partial charge in [0.25, 0.3) is 5.91 Å². The molecule has 6 heteroatoms. The van der Waals surface area contributed by atoms with Crippen LogP contribution in [0.2, 0.25) is 0 Å². The average molecular weight is 337 g/mol. The topological polar surface area (TPSA) is 20.3 Å². The van der Waals surface area contributed by atoms with Gasteiger partial charge in [-0.05, 0) is 29.8 Å². The minimum Gasteiger partial charge on any atom is -0.322 e. The van der Waals surface area contributed by atoms with Crippen LogP contribution in [-0.4, -0.2) is 23.1 Å². The number of halogens is 3. The molecule has 1 atom stereocenters. The highest BCUT2D eigenvalue weighted by atomic mass is 32.2. The Hall–Kier alpha value is -1.95. The summed E-state index contributed by atoms with van der Waals surface area (Å²) in [4.78, 5) is 14.3. The summed E-state index contributed by atoms with van der Waals surface area (Å²) in [5.74, 6) is 0.671. The summed E-state index contributed by atoms with van der Waals surface area (Å²) in [5, 5.41) is -0.245. The number of benzene rings is 2. The quantitative estimate of drug-likeness (QED) is 0.799. The summed E-state index contributed by atoms with van der Waals surface area (Å²) in [5.41, 5.74) is 0.627. The van der Waals surface area contributed by atoms with Crippen molar-refractivity contribution in [3.05, 3.63) is 71.3 Å². The van der Waals surface area contributed by atoms with E-state index >= 15 is 0 Å². The molecular formula is C17H14F3NOS. The number of carbonyl (C=O) groups excluding carboxylic acids is 1. The maximum Gasteiger partial charge on any atom is 0.416 e. The average Bonchev–Trinajstić information content (AvgIpc) is 3.04. The Morgan fingerprint density at radius 1 is 1.04 bits per heavy atom. The summed E-state index contributed by atoms with van der Waals surface area (Å²) < 4.78 is 38.0. The minimum atomic E-state index is -4.35. The highest BCUT2D eigenvalue weighted by Crippen LogP contribution is 2.39. The van der Waals surface area contributed by atoms with E-state index in [4.69, 9.17) is 0 Å². The lowest BCUT2D eigenvalue weighted by atomic mass is 10.1. The number of thioether (sulfide) groups is 1. The summed E-state index contributed by atoms with van der Waals surface area (Å²) in [6.07, 6.45) is -4.35. The van der Waals surface area contributed by atoms with Crippen LogP contribution < -0.4 is 0 Å². The fourth-order valence-electron chi connectivity index (χ4n) is 2.54. The van der Waals surface area contributed by atoms with Gasteiger partial charge in [-0.3, -0.25) is 4.79 Å². The predicted octanol–water partition coefficient (Wildman–Crippen LogP) is 4.59. The van der Waals surface area contributed by atoms with Crippen LogP contribution in [-0.2, 0) is 6.18 Å². The van der Waals surface area contributed by atoms with Crippen LogP contribution in [0.5, 0.6) is 0 Å². The van der Waals surface area contributed by atoms with E-state index in [0.29, 0.717) is 17.7 Å². The van der Waals surface area contributed by atoms with E-state index in [9.17, 15) is 18.0 Å². The zero-order valence-electron chi connectivity index (χ0n) is 12.1. The Morgan fingerprint density at radius 3 is 2.30 bits per heavy atom. The van der Waals surface area contributed by atoms with E-state index in [2.05, 4.69) is 0 Å². The van der Waals surface area contributed by atoms with Gasteiger partial charge in [-0.1, -0.05) is 30.3 Å². The molecule has 120 valence electrons. The smallest absolute Gasteiger partial charge is 0.322 e. The van der Waals surface area contributed by atoms with Crippen molar-refractivity contribution in [1.29, 1.82) is 0 Å². The van der Waals surface area contributed by atoms with Crippen LogP contribution in [0.4, 0.5) is 13.2 Å². The molecule has 1 aliphatic heterocycles. The van der Waals surface area contributed by atoms with Gasteiger partial charge in [-0.25, -0.2) is 0 Å². The van der Waals surface area contributed by atoms with E-state index in [1.165, 1.54) is 12.1 Å². The van der Waals surface area contributed by atoms with Crippen LogP contribution in [0, 0.1) is 0 Å². The maximum atomic E-state index is 12.7. The molecule has 1 amide bonds. The molecule has 0 aromatic heterocycles. The normalized spacial score (nSPS) is 18.2. The van der Waals surface area contributed by atoms with Crippen LogP contribution in [0.25, 0.3) is 0 Å². The van der Waals surface area contributed by atoms with Crippen molar-refractivity contribution in [1.82, 2.24) is 4.90 Å². The largest absolute Gasteiger partial charge is 0.416 e. The summed E-state index contributed by atoms with van der Waals surface area (Å²) in [7, 11) is 0. The first kappa shape index (κ1) is 15.9. The van der Waals surface area contributed by atoms with Gasteiger partial charge >= 0.3 is 6.18 Å². The third kappa shape index (κ3) is 3.37. The van der Waals surface area contributed by atoms with Gasteiger partial charge in [0.1, 0.15) is 5.37 Å². The van der Waals surface area contributed by atoms with Crippen LogP contribution >= 0.6 is 11.8 Å². The molecule has 0 bridgehead atoms. The Bertz CT molecular complexity index is 685. The first-order chi connectivity index (χ1) is 11.0. The van der Waals surface area contributed by atoms with E-state index < -0.39 is 11.7 Å². The van der Waals surface area contributed by atoms with E-state index in [1.807, 2.05) is 6.07 Å². The fourth-order valence-corrected chi connectivity index (χ4v) is 3.79. The molecule has 0 aliphatic carbocycles. The number of hydrogen-bond donors (Lipinski definition) is 0. The van der Waals surface area contributed by atoms with Gasteiger partial charge < -0.3 is 4.90 Å². The molecule has 2 aromatic rings. The second-order valence-electron chi connectivity index (χ2n) is 5.21. The van der Waals surface area contributed by atoms with Gasteiger partial charge in [-0.2, -0.15) is 13.2 Å². The molecule has 0 radical (unpaired) electrons. The van der Waals surface area contributed by atoms with Crippen molar-refractivity contribution < 1.29 is 18.0 Å². The molecule has 0 unspecified atom stereocenters. The molecule has 0 spiro atoms. The van der Waals surface area contributed by atoms with Crippen molar-refractivity contribution in [3.63, 3.8) is 0 Å². The van der Waals surface area contributed by atoms with Crippen LogP contribution in [0.1, 0.15) is 26.9 Å². The summed E-state index contributed by atoms with van der Waals surface area (Å²) >= 11 is 1.56. The number of hydrogen-bond acceptors (Lipinski definition) is 2. The molecule has 1 heterocycles. The molecule has 1 fully saturated rings. The molecule has 1 saturated heterocycles. The van der Waals surface area contributed by atoms with E-state index in [-0.39, 0.29) is 11.3 Å². The Kier molecular flexibility index (Phi) is 4.35. The van der Waals surface area contributed by atoms with Crippen LogP contribution in [0.3, 0.4) is 0 Å². The molecule has 2 aromatic carbocycles. The maximum absolute atomic E-state index is 12.7. The van der Waals surface area contributed by atoms with Gasteiger partial charge in [0.15, 0.2) is 0 Å². The molecular weight excluding hydrogens is 323 g/mol. The first-order valence-corrected chi connectivity index (χ1v) is 8.16. The Balaban J connectivity index is 1.83. The molecule has 1 aliphatic rings. The Labute approximate surface area is 136 Å². The minimum absolute atomic E-state index is 0.0968. The van der Waals surface area contributed by atoms with E-state index in [1.54, 1.807) is 40.9 Å². The predicted molar refractivity (Wildman–Crippen MR) is 84.1 cm³/mol. The number of rotatable bonds is 2. The van der Waals surface area contributed by atoms with E-state index in [0.717, 1.165) is 17.9 Å². The number of carbonyl (C=O) groups is 1.